The third kappa shape index (κ3) is 4.58. The second-order valence-corrected chi connectivity index (χ2v) is 7.17. The molecule has 0 amide bonds. The first kappa shape index (κ1) is 20.1. The maximum atomic E-state index is 10.9. The number of hydrogen-bond acceptors (Lipinski definition) is 3. The minimum absolute atomic E-state index is 0.193. The Labute approximate surface area is 172 Å². The molecule has 1 unspecified atom stereocenters. The number of rotatable bonds is 6. The van der Waals surface area contributed by atoms with Gasteiger partial charge in [0, 0.05) is 22.0 Å². The van der Waals surface area contributed by atoms with Crippen molar-refractivity contribution in [2.45, 2.75) is 19.4 Å². The van der Waals surface area contributed by atoms with Gasteiger partial charge >= 0.3 is 5.97 Å². The lowest BCUT2D eigenvalue weighted by molar-refractivity contribution is -0.144. The minimum Gasteiger partial charge on any atom is -0.507 e. The highest BCUT2D eigenvalue weighted by molar-refractivity contribution is 6.36. The monoisotopic (exact) mass is 416 g/mol. The molecule has 0 radical (unpaired) electrons. The van der Waals surface area contributed by atoms with Crippen LogP contribution in [-0.2, 0) is 11.2 Å². The van der Waals surface area contributed by atoms with Crippen molar-refractivity contribution in [3.05, 3.63) is 81.8 Å². The molecule has 0 aliphatic heterocycles. The van der Waals surface area contributed by atoms with Crippen LogP contribution in [0.3, 0.4) is 0 Å². The Balaban J connectivity index is 1.89. The fraction of sp³-hybridized carbons (Fsp3) is 0.136. The van der Waals surface area contributed by atoms with Crippen molar-refractivity contribution >= 4 is 29.2 Å². The van der Waals surface area contributed by atoms with E-state index in [2.05, 4.69) is 0 Å². The van der Waals surface area contributed by atoms with Crippen LogP contribution in [0.4, 0.5) is 0 Å². The quantitative estimate of drug-likeness (QED) is 0.531. The fourth-order valence-electron chi connectivity index (χ4n) is 2.82. The predicted octanol–water partition coefficient (Wildman–Crippen LogP) is 5.81. The molecule has 144 valence electrons. The topological polar surface area (TPSA) is 66.8 Å². The Bertz CT molecular complexity index is 980. The largest absolute Gasteiger partial charge is 0.507 e. The highest BCUT2D eigenvalue weighted by Crippen LogP contribution is 2.35. The number of aromatic hydroxyl groups is 1. The summed E-state index contributed by atoms with van der Waals surface area (Å²) in [6, 6.07) is 18.0. The molecule has 28 heavy (non-hydrogen) atoms. The van der Waals surface area contributed by atoms with Gasteiger partial charge in [0.25, 0.3) is 0 Å². The van der Waals surface area contributed by atoms with Gasteiger partial charge in [-0.2, -0.15) is 0 Å². The first-order chi connectivity index (χ1) is 13.3. The van der Waals surface area contributed by atoms with Gasteiger partial charge < -0.3 is 14.9 Å². The molecule has 0 aliphatic carbocycles. The maximum absolute atomic E-state index is 10.9. The average molecular weight is 417 g/mol. The van der Waals surface area contributed by atoms with E-state index < -0.39 is 12.1 Å². The molecule has 0 spiro atoms. The molecule has 0 aromatic heterocycles. The number of carboxylic acid groups (broad SMARTS) is 1. The van der Waals surface area contributed by atoms with Crippen molar-refractivity contribution in [1.82, 2.24) is 0 Å². The molecule has 3 rings (SSSR count). The van der Waals surface area contributed by atoms with Gasteiger partial charge in [-0.15, -0.1) is 0 Å². The number of carbonyl (C=O) groups is 1. The average Bonchev–Trinajstić information content (AvgIpc) is 2.66. The molecule has 3 aromatic carbocycles. The van der Waals surface area contributed by atoms with Crippen molar-refractivity contribution in [3.8, 4) is 22.6 Å². The second-order valence-electron chi connectivity index (χ2n) is 6.36. The van der Waals surface area contributed by atoms with Gasteiger partial charge in [-0.05, 0) is 47.9 Å². The van der Waals surface area contributed by atoms with Crippen molar-refractivity contribution in [2.75, 3.05) is 0 Å². The summed E-state index contributed by atoms with van der Waals surface area (Å²) in [4.78, 5) is 10.9. The van der Waals surface area contributed by atoms with Crippen LogP contribution in [0.2, 0.25) is 10.0 Å². The number of aliphatic carboxylic acids is 1. The Morgan fingerprint density at radius 1 is 1.04 bits per heavy atom. The lowest BCUT2D eigenvalue weighted by atomic mass is 9.98. The van der Waals surface area contributed by atoms with Crippen LogP contribution in [0.5, 0.6) is 11.5 Å². The number of ether oxygens (including phenoxy) is 1. The summed E-state index contributed by atoms with van der Waals surface area (Å²) in [7, 11) is 0. The summed E-state index contributed by atoms with van der Waals surface area (Å²) in [6.07, 6.45) is -0.560. The van der Waals surface area contributed by atoms with E-state index in [4.69, 9.17) is 33.0 Å². The van der Waals surface area contributed by atoms with E-state index in [-0.39, 0.29) is 5.75 Å². The molecule has 0 aliphatic rings. The molecule has 0 fully saturated rings. The molecule has 3 aromatic rings. The second kappa shape index (κ2) is 8.55. The zero-order valence-corrected chi connectivity index (χ0v) is 16.5. The molecule has 4 nitrogen and oxygen atoms in total. The number of hydrogen-bond donors (Lipinski definition) is 2. The van der Waals surface area contributed by atoms with Crippen LogP contribution in [-0.4, -0.2) is 22.3 Å². The van der Waals surface area contributed by atoms with E-state index in [9.17, 15) is 9.90 Å². The van der Waals surface area contributed by atoms with Crippen molar-refractivity contribution < 1.29 is 19.7 Å². The van der Waals surface area contributed by atoms with Crippen LogP contribution >= 0.6 is 23.2 Å². The van der Waals surface area contributed by atoms with E-state index in [1.54, 1.807) is 18.2 Å². The zero-order valence-electron chi connectivity index (χ0n) is 15.0. The van der Waals surface area contributed by atoms with Gasteiger partial charge in [0.15, 0.2) is 6.10 Å². The highest BCUT2D eigenvalue weighted by Gasteiger charge is 2.16. The third-order valence-electron chi connectivity index (χ3n) is 4.30. The van der Waals surface area contributed by atoms with E-state index >= 15 is 0 Å². The maximum Gasteiger partial charge on any atom is 0.344 e. The van der Waals surface area contributed by atoms with Gasteiger partial charge in [-0.3, -0.25) is 0 Å². The summed E-state index contributed by atoms with van der Waals surface area (Å²) in [5.41, 5.74) is 3.25. The van der Waals surface area contributed by atoms with Crippen molar-refractivity contribution in [1.29, 1.82) is 0 Å². The number of phenols is 1. The molecule has 1 atom stereocenters. The van der Waals surface area contributed by atoms with E-state index in [0.717, 1.165) is 16.7 Å². The summed E-state index contributed by atoms with van der Waals surface area (Å²) in [5, 5.41) is 19.9. The molecule has 0 saturated carbocycles. The SMILES string of the molecule is CC(Oc1cc(Cl)c(Cc2ccc(O)c(-c3ccccc3)c2)c(Cl)c1)C(=O)O. The van der Waals surface area contributed by atoms with Crippen LogP contribution in [0, 0.1) is 0 Å². The van der Waals surface area contributed by atoms with Crippen LogP contribution in [0.15, 0.2) is 60.7 Å². The molecule has 0 bridgehead atoms. The summed E-state index contributed by atoms with van der Waals surface area (Å²) in [6.45, 7) is 1.43. The van der Waals surface area contributed by atoms with Gasteiger partial charge in [-0.1, -0.05) is 59.6 Å². The van der Waals surface area contributed by atoms with E-state index in [1.165, 1.54) is 6.92 Å². The van der Waals surface area contributed by atoms with Crippen LogP contribution in [0.25, 0.3) is 11.1 Å². The first-order valence-electron chi connectivity index (χ1n) is 8.60. The van der Waals surface area contributed by atoms with Crippen LogP contribution < -0.4 is 4.74 Å². The molecule has 0 heterocycles. The molecule has 0 saturated heterocycles. The minimum atomic E-state index is -1.08. The van der Waals surface area contributed by atoms with Gasteiger partial charge in [0.1, 0.15) is 11.5 Å². The highest BCUT2D eigenvalue weighted by atomic mass is 35.5. The zero-order chi connectivity index (χ0) is 20.3. The standard InChI is InChI=1S/C22H18Cl2O4/c1-13(22(26)27)28-16-11-19(23)18(20(24)12-16)10-14-7-8-21(25)17(9-14)15-5-3-2-4-6-15/h2-9,11-13,25H,10H2,1H3,(H,26,27). The number of benzene rings is 3. The van der Waals surface area contributed by atoms with Crippen molar-refractivity contribution in [2.24, 2.45) is 0 Å². The normalized spacial score (nSPS) is 11.8. The fourth-order valence-corrected chi connectivity index (χ4v) is 3.42. The van der Waals surface area contributed by atoms with Crippen LogP contribution in [0.1, 0.15) is 18.1 Å². The Hall–Kier alpha value is -2.69. The number of phenolic OH excluding ortho intramolecular Hbond substituents is 1. The summed E-state index contributed by atoms with van der Waals surface area (Å²) >= 11 is 12.7. The molecular weight excluding hydrogens is 399 g/mol. The summed E-state index contributed by atoms with van der Waals surface area (Å²) < 4.78 is 5.33. The predicted molar refractivity (Wildman–Crippen MR) is 111 cm³/mol. The Kier molecular flexibility index (Phi) is 6.12. The Morgan fingerprint density at radius 2 is 1.68 bits per heavy atom. The van der Waals surface area contributed by atoms with Gasteiger partial charge in [-0.25, -0.2) is 4.79 Å². The molecule has 2 N–H and O–H groups in total. The lowest BCUT2D eigenvalue weighted by Crippen LogP contribution is -2.22. The smallest absolute Gasteiger partial charge is 0.344 e. The first-order valence-corrected chi connectivity index (χ1v) is 9.35. The van der Waals surface area contributed by atoms with E-state index in [1.807, 2.05) is 42.5 Å². The third-order valence-corrected chi connectivity index (χ3v) is 4.98. The summed E-state index contributed by atoms with van der Waals surface area (Å²) in [5.74, 6) is -0.586. The van der Waals surface area contributed by atoms with Gasteiger partial charge in [0.05, 0.1) is 0 Å². The lowest BCUT2D eigenvalue weighted by Gasteiger charge is -2.14. The number of carboxylic acids is 1. The van der Waals surface area contributed by atoms with E-state index in [0.29, 0.717) is 27.8 Å². The van der Waals surface area contributed by atoms with Gasteiger partial charge in [0.2, 0.25) is 0 Å². The van der Waals surface area contributed by atoms with Crippen molar-refractivity contribution in [3.63, 3.8) is 0 Å². The molecule has 6 heteroatoms. The molecular formula is C22H18Cl2O4. The number of halogens is 2. The Morgan fingerprint density at radius 3 is 2.29 bits per heavy atom.